The predicted octanol–water partition coefficient (Wildman–Crippen LogP) is 3.96. The van der Waals surface area contributed by atoms with Crippen molar-refractivity contribution in [3.8, 4) is 11.4 Å². The molecule has 1 aliphatic carbocycles. The highest BCUT2D eigenvalue weighted by Gasteiger charge is 2.42. The number of carbonyl (C=O) groups excluding carboxylic acids is 1. The first-order valence-electron chi connectivity index (χ1n) is 10.2. The van der Waals surface area contributed by atoms with Crippen molar-refractivity contribution in [2.75, 3.05) is 11.9 Å². The van der Waals surface area contributed by atoms with Crippen LogP contribution in [0.3, 0.4) is 0 Å². The first kappa shape index (κ1) is 18.7. The zero-order valence-electron chi connectivity index (χ0n) is 16.7. The van der Waals surface area contributed by atoms with Crippen molar-refractivity contribution in [2.45, 2.75) is 26.3 Å². The average molecular weight is 403 g/mol. The minimum atomic E-state index is -0.356. The molecule has 3 heterocycles. The summed E-state index contributed by atoms with van der Waals surface area (Å²) >= 11 is 0. The molecule has 2 aromatic heterocycles. The van der Waals surface area contributed by atoms with Gasteiger partial charge in [0, 0.05) is 42.4 Å². The van der Waals surface area contributed by atoms with Crippen molar-refractivity contribution in [3.05, 3.63) is 65.9 Å². The molecule has 1 amide bonds. The van der Waals surface area contributed by atoms with E-state index in [2.05, 4.69) is 17.2 Å². The molecule has 2 atom stereocenters. The maximum absolute atomic E-state index is 14.3. The van der Waals surface area contributed by atoms with Crippen LogP contribution in [0.25, 0.3) is 11.4 Å². The standard InChI is InChI=1S/C23H22FN5O/c1-14-12-16(14)23(30)29-11-8-19-17(13-29)22(27-20-5-3-2-4-18(20)24)28-21(26-19)15-6-9-25-10-7-15/h2-7,9-10,14,16H,8,11-13H2,1H3,(H,26,27,28)/t14-,16+/m0/s1. The number of hydrogen-bond acceptors (Lipinski definition) is 5. The summed E-state index contributed by atoms with van der Waals surface area (Å²) in [4.78, 5) is 28.2. The summed E-state index contributed by atoms with van der Waals surface area (Å²) in [5.41, 5.74) is 2.93. The van der Waals surface area contributed by atoms with E-state index in [1.54, 1.807) is 30.6 Å². The van der Waals surface area contributed by atoms with Crippen molar-refractivity contribution >= 4 is 17.4 Å². The van der Waals surface area contributed by atoms with Gasteiger partial charge in [0.1, 0.15) is 11.6 Å². The van der Waals surface area contributed by atoms with Crippen LogP contribution < -0.4 is 5.32 Å². The molecular weight excluding hydrogens is 381 g/mol. The van der Waals surface area contributed by atoms with Crippen LogP contribution in [0.15, 0.2) is 48.8 Å². The summed E-state index contributed by atoms with van der Waals surface area (Å²) in [5, 5.41) is 3.14. The number of pyridine rings is 1. The smallest absolute Gasteiger partial charge is 0.226 e. The summed E-state index contributed by atoms with van der Waals surface area (Å²) in [6.45, 7) is 3.18. The van der Waals surface area contributed by atoms with Crippen LogP contribution in [0.4, 0.5) is 15.9 Å². The Morgan fingerprint density at radius 1 is 1.17 bits per heavy atom. The Bertz CT molecular complexity index is 1100. The van der Waals surface area contributed by atoms with Gasteiger partial charge < -0.3 is 10.2 Å². The van der Waals surface area contributed by atoms with E-state index in [0.29, 0.717) is 42.8 Å². The Morgan fingerprint density at radius 3 is 2.67 bits per heavy atom. The summed E-state index contributed by atoms with van der Waals surface area (Å²) in [7, 11) is 0. The van der Waals surface area contributed by atoms with Crippen molar-refractivity contribution in [1.29, 1.82) is 0 Å². The quantitative estimate of drug-likeness (QED) is 0.714. The lowest BCUT2D eigenvalue weighted by Gasteiger charge is -2.30. The lowest BCUT2D eigenvalue weighted by Crippen LogP contribution is -2.38. The van der Waals surface area contributed by atoms with Crippen LogP contribution in [0.2, 0.25) is 0 Å². The van der Waals surface area contributed by atoms with Gasteiger partial charge in [0.2, 0.25) is 5.91 Å². The molecule has 6 nitrogen and oxygen atoms in total. The van der Waals surface area contributed by atoms with Gasteiger partial charge in [-0.05, 0) is 36.6 Å². The molecule has 152 valence electrons. The summed E-state index contributed by atoms with van der Waals surface area (Å²) < 4.78 is 14.3. The maximum Gasteiger partial charge on any atom is 0.226 e. The van der Waals surface area contributed by atoms with E-state index in [-0.39, 0.29) is 17.6 Å². The molecule has 3 aromatic rings. The number of fused-ring (bicyclic) bond motifs is 1. The third-order valence-corrected chi connectivity index (χ3v) is 5.86. The minimum Gasteiger partial charge on any atom is -0.338 e. The summed E-state index contributed by atoms with van der Waals surface area (Å²) in [6.07, 6.45) is 4.99. The second kappa shape index (κ2) is 7.48. The minimum absolute atomic E-state index is 0.131. The van der Waals surface area contributed by atoms with Crippen LogP contribution in [0.5, 0.6) is 0 Å². The normalized spacial score (nSPS) is 19.9. The number of aromatic nitrogens is 3. The second-order valence-corrected chi connectivity index (χ2v) is 7.99. The largest absolute Gasteiger partial charge is 0.338 e. The topological polar surface area (TPSA) is 71.0 Å². The van der Waals surface area contributed by atoms with Crippen LogP contribution in [-0.2, 0) is 17.8 Å². The number of carbonyl (C=O) groups is 1. The van der Waals surface area contributed by atoms with Gasteiger partial charge in [0.15, 0.2) is 5.82 Å². The van der Waals surface area contributed by atoms with Gasteiger partial charge in [-0.1, -0.05) is 19.1 Å². The molecule has 30 heavy (non-hydrogen) atoms. The third kappa shape index (κ3) is 3.51. The van der Waals surface area contributed by atoms with Gasteiger partial charge >= 0.3 is 0 Å². The Kier molecular flexibility index (Phi) is 4.65. The van der Waals surface area contributed by atoms with Crippen LogP contribution in [-0.4, -0.2) is 32.3 Å². The Balaban J connectivity index is 1.54. The lowest BCUT2D eigenvalue weighted by molar-refractivity contribution is -0.133. The Hall–Kier alpha value is -3.35. The first-order valence-corrected chi connectivity index (χ1v) is 10.2. The van der Waals surface area contributed by atoms with Gasteiger partial charge in [-0.15, -0.1) is 0 Å². The van der Waals surface area contributed by atoms with Gasteiger partial charge in [0.05, 0.1) is 17.9 Å². The zero-order chi connectivity index (χ0) is 20.7. The van der Waals surface area contributed by atoms with Gasteiger partial charge in [-0.2, -0.15) is 0 Å². The van der Waals surface area contributed by atoms with Gasteiger partial charge in [-0.3, -0.25) is 9.78 Å². The fourth-order valence-corrected chi connectivity index (χ4v) is 3.93. The monoisotopic (exact) mass is 403 g/mol. The number of halogens is 1. The molecule has 0 spiro atoms. The number of nitrogens with one attached hydrogen (secondary N) is 1. The zero-order valence-corrected chi connectivity index (χ0v) is 16.7. The number of benzene rings is 1. The van der Waals surface area contributed by atoms with E-state index in [9.17, 15) is 9.18 Å². The van der Waals surface area contributed by atoms with E-state index in [1.807, 2.05) is 17.0 Å². The first-order chi connectivity index (χ1) is 14.6. The van der Waals surface area contributed by atoms with Crippen molar-refractivity contribution in [2.24, 2.45) is 11.8 Å². The van der Waals surface area contributed by atoms with Crippen molar-refractivity contribution in [1.82, 2.24) is 19.9 Å². The summed E-state index contributed by atoms with van der Waals surface area (Å²) in [5.74, 6) is 1.53. The predicted molar refractivity (Wildman–Crippen MR) is 111 cm³/mol. The molecular formula is C23H22FN5O. The van der Waals surface area contributed by atoms with Crippen LogP contribution in [0.1, 0.15) is 24.6 Å². The van der Waals surface area contributed by atoms with Crippen LogP contribution in [0, 0.1) is 17.7 Å². The number of amides is 1. The molecule has 0 unspecified atom stereocenters. The van der Waals surface area contributed by atoms with E-state index in [4.69, 9.17) is 9.97 Å². The van der Waals surface area contributed by atoms with Crippen LogP contribution >= 0.6 is 0 Å². The number of anilines is 2. The average Bonchev–Trinajstić information content (AvgIpc) is 3.51. The Morgan fingerprint density at radius 2 is 1.93 bits per heavy atom. The molecule has 0 bridgehead atoms. The summed E-state index contributed by atoms with van der Waals surface area (Å²) in [6, 6.07) is 10.2. The number of hydrogen-bond donors (Lipinski definition) is 1. The highest BCUT2D eigenvalue weighted by molar-refractivity contribution is 5.82. The van der Waals surface area contributed by atoms with E-state index in [1.165, 1.54) is 6.07 Å². The maximum atomic E-state index is 14.3. The molecule has 0 radical (unpaired) electrons. The SMILES string of the molecule is C[C@H]1C[C@H]1C(=O)N1CCc2nc(-c3ccncc3)nc(Nc3ccccc3F)c2C1. The molecule has 1 fully saturated rings. The number of rotatable bonds is 4. The number of para-hydroxylation sites is 1. The Labute approximate surface area is 174 Å². The molecule has 7 heteroatoms. The molecule has 1 aliphatic heterocycles. The van der Waals surface area contributed by atoms with Crippen molar-refractivity contribution in [3.63, 3.8) is 0 Å². The molecule has 1 saturated carbocycles. The molecule has 5 rings (SSSR count). The third-order valence-electron chi connectivity index (χ3n) is 5.86. The van der Waals surface area contributed by atoms with Gasteiger partial charge in [-0.25, -0.2) is 14.4 Å². The van der Waals surface area contributed by atoms with Crippen molar-refractivity contribution < 1.29 is 9.18 Å². The number of nitrogens with zero attached hydrogens (tertiary/aromatic N) is 4. The fraction of sp³-hybridized carbons (Fsp3) is 0.304. The van der Waals surface area contributed by atoms with E-state index >= 15 is 0 Å². The fourth-order valence-electron chi connectivity index (χ4n) is 3.93. The molecule has 2 aliphatic rings. The van der Waals surface area contributed by atoms with Gasteiger partial charge in [0.25, 0.3) is 0 Å². The van der Waals surface area contributed by atoms with E-state index in [0.717, 1.165) is 23.2 Å². The van der Waals surface area contributed by atoms with E-state index < -0.39 is 0 Å². The molecule has 1 aromatic carbocycles. The molecule has 1 N–H and O–H groups in total. The highest BCUT2D eigenvalue weighted by Crippen LogP contribution is 2.40. The second-order valence-electron chi connectivity index (χ2n) is 7.99. The molecule has 0 saturated heterocycles. The lowest BCUT2D eigenvalue weighted by atomic mass is 10.0. The highest BCUT2D eigenvalue weighted by atomic mass is 19.1.